The highest BCUT2D eigenvalue weighted by Crippen LogP contribution is 2.37. The summed E-state index contributed by atoms with van der Waals surface area (Å²) in [5.41, 5.74) is 0.981. The second kappa shape index (κ2) is 11.2. The summed E-state index contributed by atoms with van der Waals surface area (Å²) in [5.74, 6) is 0.985. The average Bonchev–Trinajstić information content (AvgIpc) is 3.66. The van der Waals surface area contributed by atoms with Crippen molar-refractivity contribution in [1.29, 1.82) is 0 Å². The van der Waals surface area contributed by atoms with Crippen LogP contribution in [0.5, 0.6) is 11.5 Å². The molecule has 1 aromatic heterocycles. The van der Waals surface area contributed by atoms with Crippen LogP contribution in [-0.4, -0.2) is 91.6 Å². The van der Waals surface area contributed by atoms with E-state index in [4.69, 9.17) is 9.47 Å². The summed E-state index contributed by atoms with van der Waals surface area (Å²) in [5, 5.41) is 0.105. The quantitative estimate of drug-likeness (QED) is 0.389. The number of benzene rings is 2. The van der Waals surface area contributed by atoms with E-state index in [9.17, 15) is 16.8 Å². The maximum Gasteiger partial charge on any atom is 0.262 e. The predicted octanol–water partition coefficient (Wildman–Crippen LogP) is 3.29. The lowest BCUT2D eigenvalue weighted by Crippen LogP contribution is -2.62. The Morgan fingerprint density at radius 2 is 1.60 bits per heavy atom. The van der Waals surface area contributed by atoms with Gasteiger partial charge < -0.3 is 14.0 Å². The number of rotatable bonds is 7. The van der Waals surface area contributed by atoms with Crippen molar-refractivity contribution in [3.8, 4) is 11.5 Å². The lowest BCUT2D eigenvalue weighted by Gasteiger charge is -2.52. The maximum absolute atomic E-state index is 13.3. The van der Waals surface area contributed by atoms with Gasteiger partial charge in [0.2, 0.25) is 16.6 Å². The smallest absolute Gasteiger partial charge is 0.262 e. The summed E-state index contributed by atoms with van der Waals surface area (Å²) in [6.45, 7) is 10.3. The minimum absolute atomic E-state index is 0.0789. The second-order valence-corrected chi connectivity index (χ2v) is 15.9. The summed E-state index contributed by atoms with van der Waals surface area (Å²) < 4.78 is 66.6. The molecular weight excluding hydrogens is 590 g/mol. The Hall–Kier alpha value is -2.97. The van der Waals surface area contributed by atoms with Gasteiger partial charge in [-0.15, -0.1) is 0 Å². The summed E-state index contributed by atoms with van der Waals surface area (Å²) in [6.07, 6.45) is 4.60. The number of ether oxygens (including phenoxy) is 2. The van der Waals surface area contributed by atoms with Crippen LogP contribution in [0.4, 0.5) is 0 Å². The Balaban J connectivity index is 1.08. The van der Waals surface area contributed by atoms with Gasteiger partial charge in [-0.2, -0.15) is 4.31 Å². The monoisotopic (exact) mass is 629 g/mol. The predicted molar refractivity (Wildman–Crippen MR) is 160 cm³/mol. The molecule has 0 radical (unpaired) electrons. The van der Waals surface area contributed by atoms with Crippen LogP contribution in [0.15, 0.2) is 69.8 Å². The lowest BCUT2D eigenvalue weighted by atomic mass is 9.87. The van der Waals surface area contributed by atoms with E-state index >= 15 is 0 Å². The molecule has 2 saturated heterocycles. The van der Waals surface area contributed by atoms with Crippen molar-refractivity contribution < 1.29 is 26.3 Å². The Kier molecular flexibility index (Phi) is 7.82. The SMILES string of the molecule is C[C@@H]1CN(C2(C)CCN(S(=O)(=O)c3cn(C)cn3)CC2)CCN1[C@@H](C)c1ccc(S(=O)(=O)c2ccc3c(c2)OCO3)cc1. The third-order valence-electron chi connectivity index (χ3n) is 9.35. The van der Waals surface area contributed by atoms with Crippen molar-refractivity contribution in [3.05, 3.63) is 60.6 Å². The molecule has 0 spiro atoms. The summed E-state index contributed by atoms with van der Waals surface area (Å²) in [7, 11) is -5.52. The molecule has 43 heavy (non-hydrogen) atoms. The van der Waals surface area contributed by atoms with Gasteiger partial charge in [0.1, 0.15) is 0 Å². The van der Waals surface area contributed by atoms with Gasteiger partial charge in [-0.05, 0) is 63.4 Å². The Morgan fingerprint density at radius 1 is 0.930 bits per heavy atom. The number of piperidine rings is 1. The molecule has 0 saturated carbocycles. The number of nitrogens with zero attached hydrogens (tertiary/aromatic N) is 5. The van der Waals surface area contributed by atoms with Crippen molar-refractivity contribution in [3.63, 3.8) is 0 Å². The number of piperazine rings is 1. The molecule has 2 atom stereocenters. The van der Waals surface area contributed by atoms with E-state index in [0.29, 0.717) is 24.6 Å². The fraction of sp³-hybridized carbons (Fsp3) is 0.500. The van der Waals surface area contributed by atoms with Gasteiger partial charge in [-0.3, -0.25) is 9.80 Å². The van der Waals surface area contributed by atoms with Crippen LogP contribution < -0.4 is 9.47 Å². The number of aromatic nitrogens is 2. The molecule has 3 aliphatic rings. The topological polar surface area (TPSA) is 114 Å². The third kappa shape index (κ3) is 5.57. The van der Waals surface area contributed by atoms with Gasteiger partial charge in [-0.25, -0.2) is 21.8 Å². The minimum atomic E-state index is -3.69. The van der Waals surface area contributed by atoms with Crippen LogP contribution in [0.2, 0.25) is 0 Å². The Labute approximate surface area is 254 Å². The van der Waals surface area contributed by atoms with Gasteiger partial charge >= 0.3 is 0 Å². The molecule has 0 unspecified atom stereocenters. The minimum Gasteiger partial charge on any atom is -0.454 e. The maximum atomic E-state index is 13.3. The molecule has 13 heteroatoms. The van der Waals surface area contributed by atoms with E-state index in [0.717, 1.165) is 38.0 Å². The number of aryl methyl sites for hydroxylation is 1. The normalized spacial score (nSPS) is 22.5. The van der Waals surface area contributed by atoms with Crippen LogP contribution in [0.25, 0.3) is 0 Å². The first kappa shape index (κ1) is 30.1. The fourth-order valence-electron chi connectivity index (χ4n) is 6.51. The van der Waals surface area contributed by atoms with Crippen molar-refractivity contribution in [1.82, 2.24) is 23.7 Å². The van der Waals surface area contributed by atoms with Gasteiger partial charge in [0, 0.05) is 69.7 Å². The van der Waals surface area contributed by atoms with E-state index < -0.39 is 19.9 Å². The van der Waals surface area contributed by atoms with Crippen molar-refractivity contribution in [2.24, 2.45) is 7.05 Å². The third-order valence-corrected chi connectivity index (χ3v) is 12.9. The Bertz CT molecular complexity index is 1700. The van der Waals surface area contributed by atoms with E-state index in [1.165, 1.54) is 12.4 Å². The summed E-state index contributed by atoms with van der Waals surface area (Å²) in [4.78, 5) is 9.47. The van der Waals surface area contributed by atoms with Gasteiger partial charge in [0.25, 0.3) is 10.0 Å². The van der Waals surface area contributed by atoms with Crippen molar-refractivity contribution in [2.45, 2.75) is 66.1 Å². The lowest BCUT2D eigenvalue weighted by molar-refractivity contribution is -0.0225. The second-order valence-electron chi connectivity index (χ2n) is 12.1. The zero-order chi connectivity index (χ0) is 30.6. The Morgan fingerprint density at radius 3 is 2.26 bits per heavy atom. The molecule has 2 aromatic carbocycles. The molecule has 11 nitrogen and oxygen atoms in total. The highest BCUT2D eigenvalue weighted by atomic mass is 32.2. The number of sulfonamides is 1. The molecule has 0 N–H and O–H groups in total. The average molecular weight is 630 g/mol. The van der Waals surface area contributed by atoms with E-state index in [1.807, 2.05) is 12.1 Å². The molecule has 2 fully saturated rings. The van der Waals surface area contributed by atoms with Crippen molar-refractivity contribution in [2.75, 3.05) is 39.5 Å². The molecule has 3 aromatic rings. The molecule has 6 rings (SSSR count). The largest absolute Gasteiger partial charge is 0.454 e. The van der Waals surface area contributed by atoms with Crippen LogP contribution in [0.3, 0.4) is 0 Å². The highest BCUT2D eigenvalue weighted by molar-refractivity contribution is 7.91. The molecule has 0 aliphatic carbocycles. The number of fused-ring (bicyclic) bond motifs is 1. The molecular formula is C30H39N5O6S2. The van der Waals surface area contributed by atoms with E-state index in [2.05, 4.69) is 35.6 Å². The van der Waals surface area contributed by atoms with Crippen LogP contribution in [-0.2, 0) is 26.9 Å². The van der Waals surface area contributed by atoms with Gasteiger partial charge in [0.05, 0.1) is 16.1 Å². The fourth-order valence-corrected chi connectivity index (χ4v) is 9.20. The zero-order valence-electron chi connectivity index (χ0n) is 25.0. The molecule has 4 heterocycles. The summed E-state index contributed by atoms with van der Waals surface area (Å²) in [6, 6.07) is 12.2. The van der Waals surface area contributed by atoms with Crippen LogP contribution >= 0.6 is 0 Å². The zero-order valence-corrected chi connectivity index (χ0v) is 26.6. The summed E-state index contributed by atoms with van der Waals surface area (Å²) >= 11 is 0. The first-order chi connectivity index (χ1) is 20.4. The number of imidazole rings is 1. The van der Waals surface area contributed by atoms with Gasteiger partial charge in [-0.1, -0.05) is 12.1 Å². The first-order valence-electron chi connectivity index (χ1n) is 14.6. The van der Waals surface area contributed by atoms with Gasteiger partial charge in [0.15, 0.2) is 16.5 Å². The van der Waals surface area contributed by atoms with E-state index in [-0.39, 0.29) is 39.2 Å². The van der Waals surface area contributed by atoms with Crippen LogP contribution in [0, 0.1) is 0 Å². The molecule has 232 valence electrons. The standard InChI is InChI=1S/C30H39N5O6S2/c1-22-18-33(30(3)11-13-34(14-12-30)43(38,39)29-19-32(4)20-31-29)15-16-35(22)23(2)24-5-7-25(8-6-24)42(36,37)26-9-10-27-28(17-26)41-21-40-27/h5-10,17,19-20,22-23H,11-16,18,21H2,1-4H3/t22-,23+/m1/s1. The molecule has 3 aliphatic heterocycles. The van der Waals surface area contributed by atoms with Crippen molar-refractivity contribution >= 4 is 19.9 Å². The highest BCUT2D eigenvalue weighted by Gasteiger charge is 2.42. The number of hydrogen-bond acceptors (Lipinski definition) is 9. The van der Waals surface area contributed by atoms with E-state index in [1.54, 1.807) is 46.4 Å². The first-order valence-corrected chi connectivity index (χ1v) is 17.5. The molecule has 0 amide bonds. The number of sulfone groups is 1. The number of hydrogen-bond donors (Lipinski definition) is 0. The van der Waals surface area contributed by atoms with Crippen LogP contribution in [0.1, 0.15) is 45.2 Å². The molecule has 0 bridgehead atoms.